The molecule has 0 aliphatic heterocycles. The van der Waals surface area contributed by atoms with E-state index < -0.39 is 23.6 Å². The van der Waals surface area contributed by atoms with E-state index in [0.29, 0.717) is 27.6 Å². The van der Waals surface area contributed by atoms with Gasteiger partial charge in [0.15, 0.2) is 0 Å². The highest BCUT2D eigenvalue weighted by atomic mass is 19.1. The molecule has 4 N–H and O–H groups in total. The van der Waals surface area contributed by atoms with Crippen molar-refractivity contribution in [1.82, 2.24) is 15.3 Å². The molecule has 0 aliphatic rings. The quantitative estimate of drug-likeness (QED) is 0.423. The van der Waals surface area contributed by atoms with Crippen molar-refractivity contribution in [1.29, 1.82) is 0 Å². The molecule has 0 spiro atoms. The molecule has 0 bridgehead atoms. The number of nitrogens with one attached hydrogen (secondary N) is 3. The normalized spacial score (nSPS) is 11.3. The van der Waals surface area contributed by atoms with Gasteiger partial charge < -0.3 is 15.7 Å². The van der Waals surface area contributed by atoms with Crippen LogP contribution >= 0.6 is 0 Å². The summed E-state index contributed by atoms with van der Waals surface area (Å²) in [5, 5.41) is 16.6. The minimum atomic E-state index is -1.42. The molecule has 8 nitrogen and oxygen atoms in total. The van der Waals surface area contributed by atoms with E-state index in [1.807, 2.05) is 0 Å². The first-order valence-corrected chi connectivity index (χ1v) is 9.82. The SMILES string of the molecule is Cc1cc(F)c(NC(=O)NCCC(C)(C)F)cc1-c1cnc2cc(NC(=O)O)ncc2c1. The zero-order valence-corrected chi connectivity index (χ0v) is 17.8. The van der Waals surface area contributed by atoms with E-state index in [-0.39, 0.29) is 24.5 Å². The van der Waals surface area contributed by atoms with Gasteiger partial charge in [-0.05, 0) is 56.5 Å². The van der Waals surface area contributed by atoms with Gasteiger partial charge in [0.05, 0.1) is 11.2 Å². The Balaban J connectivity index is 1.84. The van der Waals surface area contributed by atoms with Crippen LogP contribution in [0.4, 0.5) is 29.9 Å². The average molecular weight is 443 g/mol. The third kappa shape index (κ3) is 5.87. The Bertz CT molecular complexity index is 1180. The first kappa shape index (κ1) is 22.9. The molecule has 2 heterocycles. The fourth-order valence-corrected chi connectivity index (χ4v) is 3.07. The van der Waals surface area contributed by atoms with E-state index in [0.717, 1.165) is 0 Å². The maximum Gasteiger partial charge on any atom is 0.410 e. The predicted molar refractivity (Wildman–Crippen MR) is 118 cm³/mol. The first-order chi connectivity index (χ1) is 15.0. The third-order valence-corrected chi connectivity index (χ3v) is 4.68. The number of pyridine rings is 2. The number of benzene rings is 1. The highest BCUT2D eigenvalue weighted by molar-refractivity contribution is 5.92. The number of rotatable bonds is 6. The van der Waals surface area contributed by atoms with Gasteiger partial charge in [-0.1, -0.05) is 0 Å². The number of nitrogens with zero attached hydrogens (tertiary/aromatic N) is 2. The lowest BCUT2D eigenvalue weighted by Crippen LogP contribution is -2.32. The number of aryl methyl sites for hydroxylation is 1. The molecule has 1 aromatic carbocycles. The summed E-state index contributed by atoms with van der Waals surface area (Å²) in [7, 11) is 0. The zero-order valence-electron chi connectivity index (χ0n) is 17.8. The van der Waals surface area contributed by atoms with Crippen molar-refractivity contribution < 1.29 is 23.5 Å². The lowest BCUT2D eigenvalue weighted by atomic mass is 10.00. The first-order valence-electron chi connectivity index (χ1n) is 9.82. The lowest BCUT2D eigenvalue weighted by molar-refractivity contribution is 0.199. The molecule has 0 fully saturated rings. The van der Waals surface area contributed by atoms with E-state index in [2.05, 4.69) is 25.9 Å². The van der Waals surface area contributed by atoms with E-state index in [1.54, 1.807) is 19.2 Å². The largest absolute Gasteiger partial charge is 0.465 e. The molecule has 0 atom stereocenters. The lowest BCUT2D eigenvalue weighted by Gasteiger charge is -2.15. The smallest absolute Gasteiger partial charge is 0.410 e. The second-order valence-electron chi connectivity index (χ2n) is 7.91. The Labute approximate surface area is 183 Å². The Hall–Kier alpha value is -3.82. The van der Waals surface area contributed by atoms with E-state index in [1.165, 1.54) is 38.2 Å². The van der Waals surface area contributed by atoms with Gasteiger partial charge >= 0.3 is 12.1 Å². The van der Waals surface area contributed by atoms with Gasteiger partial charge in [-0.25, -0.2) is 23.4 Å². The maximum atomic E-state index is 14.4. The predicted octanol–water partition coefficient (Wildman–Crippen LogP) is 5.09. The topological polar surface area (TPSA) is 116 Å². The molecular formula is C22H23F2N5O3. The van der Waals surface area contributed by atoms with Crippen molar-refractivity contribution in [3.8, 4) is 11.1 Å². The molecule has 3 rings (SSSR count). The number of urea groups is 1. The second-order valence-corrected chi connectivity index (χ2v) is 7.91. The summed E-state index contributed by atoms with van der Waals surface area (Å²) in [4.78, 5) is 31.2. The van der Waals surface area contributed by atoms with E-state index in [9.17, 15) is 18.4 Å². The minimum absolute atomic E-state index is 0.0261. The van der Waals surface area contributed by atoms with Gasteiger partial charge in [0.2, 0.25) is 0 Å². The molecule has 0 saturated heterocycles. The van der Waals surface area contributed by atoms with Crippen LogP contribution in [0.5, 0.6) is 0 Å². The molecule has 0 radical (unpaired) electrons. The number of fused-ring (bicyclic) bond motifs is 1. The Morgan fingerprint density at radius 3 is 2.53 bits per heavy atom. The van der Waals surface area contributed by atoms with Gasteiger partial charge in [-0.15, -0.1) is 0 Å². The minimum Gasteiger partial charge on any atom is -0.465 e. The molecule has 0 aliphatic carbocycles. The van der Waals surface area contributed by atoms with Crippen LogP contribution in [-0.4, -0.2) is 39.4 Å². The number of anilines is 2. The van der Waals surface area contributed by atoms with Gasteiger partial charge in [0.1, 0.15) is 17.3 Å². The van der Waals surface area contributed by atoms with Crippen LogP contribution in [0.1, 0.15) is 25.8 Å². The van der Waals surface area contributed by atoms with Crippen molar-refractivity contribution >= 4 is 34.5 Å². The molecule has 2 aromatic heterocycles. The Morgan fingerprint density at radius 1 is 1.09 bits per heavy atom. The van der Waals surface area contributed by atoms with Gasteiger partial charge in [0, 0.05) is 36.0 Å². The van der Waals surface area contributed by atoms with Crippen LogP contribution in [0.25, 0.3) is 22.0 Å². The Morgan fingerprint density at radius 2 is 1.84 bits per heavy atom. The van der Waals surface area contributed by atoms with E-state index in [4.69, 9.17) is 5.11 Å². The number of carbonyl (C=O) groups is 2. The van der Waals surface area contributed by atoms with Crippen molar-refractivity contribution in [2.45, 2.75) is 32.9 Å². The maximum absolute atomic E-state index is 14.4. The number of carbonyl (C=O) groups excluding carboxylic acids is 1. The van der Waals surface area contributed by atoms with Gasteiger partial charge in [0.25, 0.3) is 0 Å². The summed E-state index contributed by atoms with van der Waals surface area (Å²) < 4.78 is 28.0. The summed E-state index contributed by atoms with van der Waals surface area (Å²) in [5.74, 6) is -0.455. The van der Waals surface area contributed by atoms with Crippen molar-refractivity contribution in [3.05, 3.63) is 48.0 Å². The molecule has 168 valence electrons. The number of aromatic nitrogens is 2. The molecule has 32 heavy (non-hydrogen) atoms. The average Bonchev–Trinajstić information content (AvgIpc) is 2.68. The van der Waals surface area contributed by atoms with Crippen LogP contribution in [0, 0.1) is 12.7 Å². The summed E-state index contributed by atoms with van der Waals surface area (Å²) in [6, 6.07) is 5.45. The molecule has 10 heteroatoms. The summed E-state index contributed by atoms with van der Waals surface area (Å²) in [6.07, 6.45) is 1.95. The molecular weight excluding hydrogens is 420 g/mol. The van der Waals surface area contributed by atoms with Crippen molar-refractivity contribution in [2.24, 2.45) is 0 Å². The number of hydrogen-bond donors (Lipinski definition) is 4. The van der Waals surface area contributed by atoms with Crippen molar-refractivity contribution in [3.63, 3.8) is 0 Å². The number of halogens is 2. The number of amides is 3. The fourth-order valence-electron chi connectivity index (χ4n) is 3.07. The number of hydrogen-bond acceptors (Lipinski definition) is 4. The van der Waals surface area contributed by atoms with Crippen LogP contribution in [-0.2, 0) is 0 Å². The standard InChI is InChI=1S/C22H23F2N5O3/c1-12-6-16(23)18(28-20(30)25-5-4-22(2,3)24)8-15(12)13-7-14-11-27-19(29-21(31)32)9-17(14)26-10-13/h6-11H,4-5H2,1-3H3,(H,27,29)(H,31,32)(H2,25,28,30). The van der Waals surface area contributed by atoms with E-state index >= 15 is 0 Å². The third-order valence-electron chi connectivity index (χ3n) is 4.68. The highest BCUT2D eigenvalue weighted by Crippen LogP contribution is 2.30. The van der Waals surface area contributed by atoms with Crippen molar-refractivity contribution in [2.75, 3.05) is 17.2 Å². The molecule has 3 aromatic rings. The highest BCUT2D eigenvalue weighted by Gasteiger charge is 2.16. The number of alkyl halides is 1. The van der Waals surface area contributed by atoms with Gasteiger partial charge in [-0.2, -0.15) is 0 Å². The van der Waals surface area contributed by atoms with Crippen LogP contribution in [0.3, 0.4) is 0 Å². The molecule has 0 saturated carbocycles. The Kier molecular flexibility index (Phi) is 6.52. The van der Waals surface area contributed by atoms with Crippen LogP contribution < -0.4 is 16.0 Å². The molecule has 3 amide bonds. The monoisotopic (exact) mass is 443 g/mol. The molecule has 0 unspecified atom stereocenters. The van der Waals surface area contributed by atoms with Crippen LogP contribution in [0.15, 0.2) is 36.7 Å². The fraction of sp³-hybridized carbons (Fsp3) is 0.273. The second kappa shape index (κ2) is 9.13. The summed E-state index contributed by atoms with van der Waals surface area (Å²) >= 11 is 0. The zero-order chi connectivity index (χ0) is 23.5. The summed E-state index contributed by atoms with van der Waals surface area (Å²) in [5.41, 5.74) is 1.03. The number of carboxylic acid groups (broad SMARTS) is 1. The van der Waals surface area contributed by atoms with Gasteiger partial charge in [-0.3, -0.25) is 10.3 Å². The van der Waals surface area contributed by atoms with Crippen LogP contribution in [0.2, 0.25) is 0 Å². The summed E-state index contributed by atoms with van der Waals surface area (Å²) in [6.45, 7) is 4.66.